The van der Waals surface area contributed by atoms with Crippen molar-refractivity contribution in [2.75, 3.05) is 11.9 Å². The van der Waals surface area contributed by atoms with Crippen LogP contribution in [0.3, 0.4) is 0 Å². The van der Waals surface area contributed by atoms with Crippen LogP contribution in [0.5, 0.6) is 0 Å². The molecule has 0 bridgehead atoms. The lowest BCUT2D eigenvalue weighted by molar-refractivity contribution is -0.148. The Hall–Kier alpha value is -2.03. The standard InChI is InChI=1S/C14H12F3NO4S/c1-7(19)6-22-12(20)5-11-13(21)18-9-4-8(14(15,16)17)2-3-10(9)23-11/h2-4,11H,5-6H2,1H3,(H,18,21)/t11-/m1/s1. The Kier molecular flexibility index (Phi) is 4.98. The van der Waals surface area contributed by atoms with Crippen molar-refractivity contribution in [3.05, 3.63) is 23.8 Å². The van der Waals surface area contributed by atoms with Gasteiger partial charge in [-0.1, -0.05) is 0 Å². The Morgan fingerprint density at radius 3 is 2.65 bits per heavy atom. The predicted octanol–water partition coefficient (Wildman–Crippen LogP) is 2.64. The zero-order chi connectivity index (χ0) is 17.2. The maximum atomic E-state index is 12.6. The van der Waals surface area contributed by atoms with E-state index in [0.717, 1.165) is 23.9 Å². The van der Waals surface area contributed by atoms with Crippen LogP contribution in [-0.4, -0.2) is 29.5 Å². The van der Waals surface area contributed by atoms with Crippen LogP contribution >= 0.6 is 11.8 Å². The van der Waals surface area contributed by atoms with Gasteiger partial charge < -0.3 is 10.1 Å². The van der Waals surface area contributed by atoms with Crippen molar-refractivity contribution in [2.24, 2.45) is 0 Å². The fraction of sp³-hybridized carbons (Fsp3) is 0.357. The molecule has 1 aromatic carbocycles. The Balaban J connectivity index is 2.08. The number of nitrogens with one attached hydrogen (secondary N) is 1. The summed E-state index contributed by atoms with van der Waals surface area (Å²) in [5, 5.41) is 1.54. The number of ketones is 1. The van der Waals surface area contributed by atoms with E-state index >= 15 is 0 Å². The number of alkyl halides is 3. The average Bonchev–Trinajstić information content (AvgIpc) is 2.44. The second-order valence-corrected chi connectivity index (χ2v) is 6.12. The Morgan fingerprint density at radius 1 is 1.35 bits per heavy atom. The molecule has 2 rings (SSSR count). The fourth-order valence-corrected chi connectivity index (χ4v) is 2.93. The molecule has 0 unspecified atom stereocenters. The molecule has 23 heavy (non-hydrogen) atoms. The van der Waals surface area contributed by atoms with E-state index in [2.05, 4.69) is 10.1 Å². The van der Waals surface area contributed by atoms with E-state index in [0.29, 0.717) is 4.90 Å². The second kappa shape index (κ2) is 6.61. The summed E-state index contributed by atoms with van der Waals surface area (Å²) < 4.78 is 42.6. The van der Waals surface area contributed by atoms with E-state index in [4.69, 9.17) is 0 Å². The third kappa shape index (κ3) is 4.47. The summed E-state index contributed by atoms with van der Waals surface area (Å²) >= 11 is 0.982. The van der Waals surface area contributed by atoms with E-state index in [9.17, 15) is 27.6 Å². The molecule has 9 heteroatoms. The normalized spacial score (nSPS) is 17.2. The van der Waals surface area contributed by atoms with E-state index in [-0.39, 0.29) is 24.5 Å². The van der Waals surface area contributed by atoms with Gasteiger partial charge in [0.2, 0.25) is 5.91 Å². The Bertz CT molecular complexity index is 660. The molecule has 0 saturated heterocycles. The van der Waals surface area contributed by atoms with E-state index in [1.54, 1.807) is 0 Å². The zero-order valence-electron chi connectivity index (χ0n) is 11.9. The molecule has 0 saturated carbocycles. The van der Waals surface area contributed by atoms with Crippen LogP contribution in [0.25, 0.3) is 0 Å². The fourth-order valence-electron chi connectivity index (χ4n) is 1.85. The highest BCUT2D eigenvalue weighted by atomic mass is 32.2. The van der Waals surface area contributed by atoms with Gasteiger partial charge in [-0.15, -0.1) is 11.8 Å². The van der Waals surface area contributed by atoms with Crippen molar-refractivity contribution >= 4 is 35.1 Å². The average molecular weight is 347 g/mol. The molecule has 1 aromatic rings. The van der Waals surface area contributed by atoms with Gasteiger partial charge in [0.25, 0.3) is 0 Å². The maximum Gasteiger partial charge on any atom is 0.416 e. The van der Waals surface area contributed by atoms with Gasteiger partial charge in [0.05, 0.1) is 22.9 Å². The summed E-state index contributed by atoms with van der Waals surface area (Å²) in [5.74, 6) is -1.63. The zero-order valence-corrected chi connectivity index (χ0v) is 12.7. The van der Waals surface area contributed by atoms with E-state index in [1.165, 1.54) is 13.0 Å². The number of Topliss-reactive ketones (excluding diaryl/α,β-unsaturated/α-hetero) is 1. The number of amides is 1. The van der Waals surface area contributed by atoms with Gasteiger partial charge in [-0.2, -0.15) is 13.2 Å². The molecule has 0 spiro atoms. The van der Waals surface area contributed by atoms with E-state index < -0.39 is 28.9 Å². The van der Waals surface area contributed by atoms with Gasteiger partial charge >= 0.3 is 12.1 Å². The molecule has 1 atom stereocenters. The molecule has 1 amide bonds. The van der Waals surface area contributed by atoms with Crippen molar-refractivity contribution in [2.45, 2.75) is 29.7 Å². The first kappa shape index (κ1) is 17.3. The third-order valence-corrected chi connectivity index (χ3v) is 4.19. The molecule has 1 heterocycles. The van der Waals surface area contributed by atoms with Crippen molar-refractivity contribution in [3.63, 3.8) is 0 Å². The topological polar surface area (TPSA) is 72.5 Å². The summed E-state index contributed by atoms with van der Waals surface area (Å²) in [5.41, 5.74) is -0.806. The number of carbonyl (C=O) groups is 3. The quantitative estimate of drug-likeness (QED) is 0.848. The number of ether oxygens (including phenoxy) is 1. The smallest absolute Gasteiger partial charge is 0.416 e. The minimum atomic E-state index is -4.50. The molecule has 0 aromatic heterocycles. The molecule has 1 aliphatic rings. The van der Waals surface area contributed by atoms with Crippen LogP contribution in [0.15, 0.2) is 23.1 Å². The lowest BCUT2D eigenvalue weighted by Crippen LogP contribution is -2.32. The van der Waals surface area contributed by atoms with Crippen LogP contribution in [0.2, 0.25) is 0 Å². The number of hydrogen-bond acceptors (Lipinski definition) is 5. The number of benzene rings is 1. The molecule has 5 nitrogen and oxygen atoms in total. The van der Waals surface area contributed by atoms with Crippen molar-refractivity contribution < 1.29 is 32.3 Å². The summed E-state index contributed by atoms with van der Waals surface area (Å²) in [6.07, 6.45) is -4.78. The van der Waals surface area contributed by atoms with Gasteiger partial charge in [-0.3, -0.25) is 14.4 Å². The minimum absolute atomic E-state index is 0.0585. The van der Waals surface area contributed by atoms with E-state index in [1.807, 2.05) is 0 Å². The Morgan fingerprint density at radius 2 is 2.04 bits per heavy atom. The van der Waals surface area contributed by atoms with Gasteiger partial charge in [0.15, 0.2) is 5.78 Å². The molecular formula is C14H12F3NO4S. The summed E-state index contributed by atoms with van der Waals surface area (Å²) in [6.45, 7) is 0.882. The van der Waals surface area contributed by atoms with Crippen molar-refractivity contribution in [3.8, 4) is 0 Å². The molecule has 124 valence electrons. The Labute approximate surface area is 133 Å². The molecule has 1 aliphatic heterocycles. The van der Waals surface area contributed by atoms with Crippen LogP contribution in [0.1, 0.15) is 18.9 Å². The van der Waals surface area contributed by atoms with Gasteiger partial charge in [-0.05, 0) is 25.1 Å². The lowest BCUT2D eigenvalue weighted by atomic mass is 10.1. The first-order chi connectivity index (χ1) is 10.7. The first-order valence-corrected chi connectivity index (χ1v) is 7.38. The second-order valence-electron chi connectivity index (χ2n) is 4.87. The number of thioether (sulfide) groups is 1. The maximum absolute atomic E-state index is 12.6. The number of halogens is 3. The molecule has 0 radical (unpaired) electrons. The van der Waals surface area contributed by atoms with Crippen LogP contribution < -0.4 is 5.32 Å². The molecular weight excluding hydrogens is 335 g/mol. The molecule has 1 N–H and O–H groups in total. The van der Waals surface area contributed by atoms with Gasteiger partial charge in [0.1, 0.15) is 6.61 Å². The first-order valence-electron chi connectivity index (χ1n) is 6.50. The number of carbonyl (C=O) groups excluding carboxylic acids is 3. The minimum Gasteiger partial charge on any atom is -0.458 e. The SMILES string of the molecule is CC(=O)COC(=O)C[C@H]1Sc2ccc(C(F)(F)F)cc2NC1=O. The lowest BCUT2D eigenvalue weighted by Gasteiger charge is -2.24. The number of hydrogen-bond donors (Lipinski definition) is 1. The highest BCUT2D eigenvalue weighted by Gasteiger charge is 2.34. The number of esters is 1. The molecule has 0 fully saturated rings. The van der Waals surface area contributed by atoms with Gasteiger partial charge in [-0.25, -0.2) is 0 Å². The monoisotopic (exact) mass is 347 g/mol. The largest absolute Gasteiger partial charge is 0.458 e. The number of fused-ring (bicyclic) bond motifs is 1. The summed E-state index contributed by atoms with van der Waals surface area (Å²) in [6, 6.07) is 3.01. The predicted molar refractivity (Wildman–Crippen MR) is 76.0 cm³/mol. The highest BCUT2D eigenvalue weighted by molar-refractivity contribution is 8.01. The van der Waals surface area contributed by atoms with Crippen molar-refractivity contribution in [1.82, 2.24) is 0 Å². The third-order valence-electron chi connectivity index (χ3n) is 2.91. The number of anilines is 1. The molecule has 0 aliphatic carbocycles. The van der Waals surface area contributed by atoms with Crippen LogP contribution in [0, 0.1) is 0 Å². The van der Waals surface area contributed by atoms with Gasteiger partial charge in [0, 0.05) is 4.90 Å². The van der Waals surface area contributed by atoms with Crippen LogP contribution in [0.4, 0.5) is 18.9 Å². The highest BCUT2D eigenvalue weighted by Crippen LogP contribution is 2.40. The van der Waals surface area contributed by atoms with Crippen LogP contribution in [-0.2, 0) is 25.3 Å². The number of rotatable bonds is 4. The summed E-state index contributed by atoms with van der Waals surface area (Å²) in [7, 11) is 0. The summed E-state index contributed by atoms with van der Waals surface area (Å²) in [4.78, 5) is 34.6. The van der Waals surface area contributed by atoms with Crippen molar-refractivity contribution in [1.29, 1.82) is 0 Å².